The lowest BCUT2D eigenvalue weighted by atomic mass is 9.95. The van der Waals surface area contributed by atoms with Crippen molar-refractivity contribution in [3.63, 3.8) is 0 Å². The molecular weight excluding hydrogens is 383 g/mol. The fourth-order valence-electron chi connectivity index (χ4n) is 3.32. The van der Waals surface area contributed by atoms with E-state index in [4.69, 9.17) is 27.9 Å². The van der Waals surface area contributed by atoms with E-state index in [0.29, 0.717) is 16.7 Å². The highest BCUT2D eigenvalue weighted by molar-refractivity contribution is 6.42. The third kappa shape index (κ3) is 5.61. The molecule has 0 radical (unpaired) electrons. The third-order valence-electron chi connectivity index (χ3n) is 4.76. The number of carbonyl (C=O) groups is 1. The molecule has 1 N–H and O–H groups in total. The van der Waals surface area contributed by atoms with Crippen LogP contribution in [-0.2, 0) is 11.3 Å². The quantitative estimate of drug-likeness (QED) is 0.712. The topological polar surface area (TPSA) is 41.6 Å². The summed E-state index contributed by atoms with van der Waals surface area (Å²) in [6.45, 7) is 5.14. The first-order chi connectivity index (χ1) is 13.0. The number of amides is 1. The largest absolute Gasteiger partial charge is 0.494 e. The first-order valence-electron chi connectivity index (χ1n) is 9.25. The molecule has 0 aromatic heterocycles. The number of carbonyl (C=O) groups excluding carboxylic acids is 1. The zero-order chi connectivity index (χ0) is 19.2. The summed E-state index contributed by atoms with van der Waals surface area (Å²) >= 11 is 12.1. The molecule has 4 nitrogen and oxygen atoms in total. The Kier molecular flexibility index (Phi) is 7.00. The minimum atomic E-state index is 0.0332. The Balaban J connectivity index is 1.50. The van der Waals surface area contributed by atoms with Gasteiger partial charge in [0.1, 0.15) is 5.75 Å². The summed E-state index contributed by atoms with van der Waals surface area (Å²) in [6.07, 6.45) is 1.69. The molecule has 1 heterocycles. The summed E-state index contributed by atoms with van der Waals surface area (Å²) in [5.74, 6) is 0.885. The summed E-state index contributed by atoms with van der Waals surface area (Å²) in [4.78, 5) is 14.9. The SMILES string of the molecule is CCOc1cccc(NC(=O)C2CCN(Cc3ccc(Cl)c(Cl)c3)CC2)c1. The van der Waals surface area contributed by atoms with Crippen LogP contribution in [0, 0.1) is 5.92 Å². The number of hydrogen-bond donors (Lipinski definition) is 1. The van der Waals surface area contributed by atoms with Gasteiger partial charge < -0.3 is 10.1 Å². The number of halogens is 2. The van der Waals surface area contributed by atoms with Crippen LogP contribution in [0.15, 0.2) is 42.5 Å². The van der Waals surface area contributed by atoms with E-state index in [2.05, 4.69) is 10.2 Å². The first-order valence-corrected chi connectivity index (χ1v) is 10.0. The lowest BCUT2D eigenvalue weighted by molar-refractivity contribution is -0.121. The molecule has 3 rings (SSSR count). The van der Waals surface area contributed by atoms with Gasteiger partial charge in [0.15, 0.2) is 0 Å². The molecule has 1 fully saturated rings. The molecule has 2 aromatic carbocycles. The molecule has 2 aromatic rings. The fraction of sp³-hybridized carbons (Fsp3) is 0.381. The van der Waals surface area contributed by atoms with Crippen LogP contribution < -0.4 is 10.1 Å². The number of rotatable bonds is 6. The monoisotopic (exact) mass is 406 g/mol. The van der Waals surface area contributed by atoms with Crippen LogP contribution in [0.3, 0.4) is 0 Å². The van der Waals surface area contributed by atoms with Gasteiger partial charge in [-0.2, -0.15) is 0 Å². The molecule has 0 unspecified atom stereocenters. The smallest absolute Gasteiger partial charge is 0.227 e. The lowest BCUT2D eigenvalue weighted by Gasteiger charge is -2.31. The predicted molar refractivity (Wildman–Crippen MR) is 111 cm³/mol. The van der Waals surface area contributed by atoms with Gasteiger partial charge in [-0.05, 0) is 62.7 Å². The number of nitrogens with one attached hydrogen (secondary N) is 1. The Morgan fingerprint density at radius 2 is 1.93 bits per heavy atom. The van der Waals surface area contributed by atoms with E-state index >= 15 is 0 Å². The van der Waals surface area contributed by atoms with Gasteiger partial charge in [-0.3, -0.25) is 9.69 Å². The molecule has 0 atom stereocenters. The predicted octanol–water partition coefficient (Wildman–Crippen LogP) is 5.24. The Labute approximate surface area is 170 Å². The van der Waals surface area contributed by atoms with Crippen LogP contribution in [-0.4, -0.2) is 30.5 Å². The molecule has 1 saturated heterocycles. The van der Waals surface area contributed by atoms with Crippen molar-refractivity contribution >= 4 is 34.8 Å². The van der Waals surface area contributed by atoms with Crippen LogP contribution in [0.5, 0.6) is 5.75 Å². The van der Waals surface area contributed by atoms with Crippen molar-refractivity contribution in [3.8, 4) is 5.75 Å². The minimum absolute atomic E-state index is 0.0332. The number of benzene rings is 2. The molecule has 0 saturated carbocycles. The summed E-state index contributed by atoms with van der Waals surface area (Å²) < 4.78 is 5.48. The van der Waals surface area contributed by atoms with E-state index in [-0.39, 0.29) is 11.8 Å². The van der Waals surface area contributed by atoms with Crippen molar-refractivity contribution in [2.24, 2.45) is 5.92 Å². The molecule has 0 spiro atoms. The highest BCUT2D eigenvalue weighted by Gasteiger charge is 2.25. The third-order valence-corrected chi connectivity index (χ3v) is 5.50. The van der Waals surface area contributed by atoms with E-state index in [0.717, 1.165) is 49.5 Å². The van der Waals surface area contributed by atoms with Gasteiger partial charge in [-0.25, -0.2) is 0 Å². The van der Waals surface area contributed by atoms with Gasteiger partial charge in [0.25, 0.3) is 0 Å². The number of ether oxygens (including phenoxy) is 1. The highest BCUT2D eigenvalue weighted by atomic mass is 35.5. The van der Waals surface area contributed by atoms with Gasteiger partial charge in [0.05, 0.1) is 16.7 Å². The zero-order valence-corrected chi connectivity index (χ0v) is 16.9. The molecule has 1 aliphatic heterocycles. The molecule has 0 bridgehead atoms. The van der Waals surface area contributed by atoms with Crippen molar-refractivity contribution in [3.05, 3.63) is 58.1 Å². The Bertz CT molecular complexity index is 790. The standard InChI is InChI=1S/C21H24Cl2N2O2/c1-2-27-18-5-3-4-17(13-18)24-21(26)16-8-10-25(11-9-16)14-15-6-7-19(22)20(23)12-15/h3-7,12-13,16H,2,8-11,14H2,1H3,(H,24,26). The average Bonchev–Trinajstić information content (AvgIpc) is 2.66. The van der Waals surface area contributed by atoms with E-state index in [1.807, 2.05) is 49.4 Å². The molecule has 1 amide bonds. The average molecular weight is 407 g/mol. The zero-order valence-electron chi connectivity index (χ0n) is 15.4. The second-order valence-corrected chi connectivity index (χ2v) is 7.56. The van der Waals surface area contributed by atoms with Crippen molar-refractivity contribution in [1.29, 1.82) is 0 Å². The Morgan fingerprint density at radius 1 is 1.15 bits per heavy atom. The summed E-state index contributed by atoms with van der Waals surface area (Å²) in [6, 6.07) is 13.3. The van der Waals surface area contributed by atoms with Gasteiger partial charge in [0, 0.05) is 24.2 Å². The van der Waals surface area contributed by atoms with Crippen LogP contribution in [0.25, 0.3) is 0 Å². The van der Waals surface area contributed by atoms with Crippen molar-refractivity contribution in [1.82, 2.24) is 4.90 Å². The number of nitrogens with zero attached hydrogens (tertiary/aromatic N) is 1. The van der Waals surface area contributed by atoms with Crippen LogP contribution in [0.2, 0.25) is 10.0 Å². The number of piperidine rings is 1. The van der Waals surface area contributed by atoms with Gasteiger partial charge >= 0.3 is 0 Å². The summed E-state index contributed by atoms with van der Waals surface area (Å²) in [7, 11) is 0. The van der Waals surface area contributed by atoms with E-state index < -0.39 is 0 Å². The number of hydrogen-bond acceptors (Lipinski definition) is 3. The number of likely N-dealkylation sites (tertiary alicyclic amines) is 1. The molecule has 0 aliphatic carbocycles. The van der Waals surface area contributed by atoms with Crippen molar-refractivity contribution in [2.75, 3.05) is 25.0 Å². The van der Waals surface area contributed by atoms with Crippen LogP contribution in [0.4, 0.5) is 5.69 Å². The molecule has 1 aliphatic rings. The minimum Gasteiger partial charge on any atom is -0.494 e. The second kappa shape index (κ2) is 9.45. The molecule has 27 heavy (non-hydrogen) atoms. The van der Waals surface area contributed by atoms with Crippen LogP contribution >= 0.6 is 23.2 Å². The number of anilines is 1. The maximum Gasteiger partial charge on any atom is 0.227 e. The molecule has 6 heteroatoms. The molecular formula is C21H24Cl2N2O2. The van der Waals surface area contributed by atoms with Gasteiger partial charge in [-0.15, -0.1) is 0 Å². The maximum atomic E-state index is 12.6. The maximum absolute atomic E-state index is 12.6. The van der Waals surface area contributed by atoms with Gasteiger partial charge in [-0.1, -0.05) is 35.3 Å². The second-order valence-electron chi connectivity index (χ2n) is 6.75. The summed E-state index contributed by atoms with van der Waals surface area (Å²) in [5, 5.41) is 4.17. The van der Waals surface area contributed by atoms with E-state index in [9.17, 15) is 4.79 Å². The van der Waals surface area contributed by atoms with E-state index in [1.165, 1.54) is 0 Å². The highest BCUT2D eigenvalue weighted by Crippen LogP contribution is 2.26. The van der Waals surface area contributed by atoms with E-state index in [1.54, 1.807) is 0 Å². The normalized spacial score (nSPS) is 15.5. The van der Waals surface area contributed by atoms with Crippen LogP contribution in [0.1, 0.15) is 25.3 Å². The molecule has 144 valence electrons. The lowest BCUT2D eigenvalue weighted by Crippen LogP contribution is -2.37. The first kappa shape index (κ1) is 20.0. The van der Waals surface area contributed by atoms with Crippen molar-refractivity contribution < 1.29 is 9.53 Å². The van der Waals surface area contributed by atoms with Gasteiger partial charge in [0.2, 0.25) is 5.91 Å². The Hall–Kier alpha value is -1.75. The van der Waals surface area contributed by atoms with Crippen molar-refractivity contribution in [2.45, 2.75) is 26.3 Å². The summed E-state index contributed by atoms with van der Waals surface area (Å²) in [5.41, 5.74) is 1.92. The Morgan fingerprint density at radius 3 is 2.63 bits per heavy atom. The fourth-order valence-corrected chi connectivity index (χ4v) is 3.64.